The van der Waals surface area contributed by atoms with Gasteiger partial charge in [0.1, 0.15) is 0 Å². The zero-order valence-corrected chi connectivity index (χ0v) is 21.5. The standard InChI is InChI=1S/C28H29ClN6O2/c1-34(2)18-26-33-32-25(17-31-28(37)23(30)15-19-9-5-3-6-10-19)35(26)24-14-13-21(29)16-22(24)27(36)20-11-7-4-8-12-20/h3-14,16,23H,15,17-18,30H2,1-2H3,(H,31,37)/t23-/m0/s1. The van der Waals surface area contributed by atoms with Crippen molar-refractivity contribution in [1.29, 1.82) is 0 Å². The molecule has 9 heteroatoms. The molecule has 0 radical (unpaired) electrons. The van der Waals surface area contributed by atoms with Crippen LogP contribution in [0.1, 0.15) is 33.1 Å². The minimum atomic E-state index is -0.717. The number of nitrogens with zero attached hydrogens (tertiary/aromatic N) is 4. The summed E-state index contributed by atoms with van der Waals surface area (Å²) in [6, 6.07) is 23.0. The lowest BCUT2D eigenvalue weighted by molar-refractivity contribution is -0.122. The summed E-state index contributed by atoms with van der Waals surface area (Å²) in [4.78, 5) is 28.2. The van der Waals surface area contributed by atoms with Crippen LogP contribution in [-0.4, -0.2) is 51.5 Å². The molecule has 1 atom stereocenters. The van der Waals surface area contributed by atoms with E-state index in [1.54, 1.807) is 34.9 Å². The first kappa shape index (κ1) is 26.2. The summed E-state index contributed by atoms with van der Waals surface area (Å²) in [5, 5.41) is 12.0. The summed E-state index contributed by atoms with van der Waals surface area (Å²) >= 11 is 6.31. The predicted octanol–water partition coefficient (Wildman–Crippen LogP) is 3.40. The van der Waals surface area contributed by atoms with Gasteiger partial charge in [0.25, 0.3) is 0 Å². The Bertz CT molecular complexity index is 1370. The Labute approximate surface area is 221 Å². The average molecular weight is 517 g/mol. The molecule has 4 rings (SSSR count). The number of amides is 1. The van der Waals surface area contributed by atoms with Gasteiger partial charge >= 0.3 is 0 Å². The SMILES string of the molecule is CN(C)Cc1nnc(CNC(=O)[C@@H](N)Cc2ccccc2)n1-c1ccc(Cl)cc1C(=O)c1ccccc1. The molecule has 0 aliphatic heterocycles. The van der Waals surface area contributed by atoms with Crippen LogP contribution < -0.4 is 11.1 Å². The highest BCUT2D eigenvalue weighted by Crippen LogP contribution is 2.25. The monoisotopic (exact) mass is 516 g/mol. The first-order valence-electron chi connectivity index (χ1n) is 11.9. The molecular weight excluding hydrogens is 488 g/mol. The molecule has 3 aromatic carbocycles. The van der Waals surface area contributed by atoms with Crippen LogP contribution in [0.3, 0.4) is 0 Å². The lowest BCUT2D eigenvalue weighted by Gasteiger charge is -2.17. The molecule has 0 saturated heterocycles. The quantitative estimate of drug-likeness (QED) is 0.313. The van der Waals surface area contributed by atoms with Crippen LogP contribution in [0.5, 0.6) is 0 Å². The molecule has 0 saturated carbocycles. The molecule has 0 spiro atoms. The summed E-state index contributed by atoms with van der Waals surface area (Å²) < 4.78 is 1.80. The zero-order valence-electron chi connectivity index (χ0n) is 20.8. The predicted molar refractivity (Wildman–Crippen MR) is 144 cm³/mol. The second-order valence-corrected chi connectivity index (χ2v) is 9.41. The number of carbonyl (C=O) groups excluding carboxylic acids is 2. The van der Waals surface area contributed by atoms with Gasteiger partial charge in [-0.15, -0.1) is 10.2 Å². The number of rotatable bonds is 10. The van der Waals surface area contributed by atoms with Crippen molar-refractivity contribution in [2.24, 2.45) is 5.73 Å². The van der Waals surface area contributed by atoms with Gasteiger partial charge in [0.2, 0.25) is 5.91 Å². The Morgan fingerprint density at radius 2 is 1.62 bits per heavy atom. The zero-order chi connectivity index (χ0) is 26.4. The Kier molecular flexibility index (Phi) is 8.45. The van der Waals surface area contributed by atoms with Crippen molar-refractivity contribution in [3.63, 3.8) is 0 Å². The van der Waals surface area contributed by atoms with E-state index in [0.29, 0.717) is 46.5 Å². The van der Waals surface area contributed by atoms with Crippen molar-refractivity contribution < 1.29 is 9.59 Å². The number of ketones is 1. The van der Waals surface area contributed by atoms with Gasteiger partial charge in [-0.2, -0.15) is 0 Å². The van der Waals surface area contributed by atoms with Gasteiger partial charge in [-0.1, -0.05) is 72.3 Å². The third kappa shape index (κ3) is 6.48. The minimum absolute atomic E-state index is 0.0867. The fraction of sp³-hybridized carbons (Fsp3) is 0.214. The molecule has 0 bridgehead atoms. The maximum absolute atomic E-state index is 13.5. The van der Waals surface area contributed by atoms with Crippen LogP contribution in [0.2, 0.25) is 5.02 Å². The second-order valence-electron chi connectivity index (χ2n) is 8.98. The molecule has 190 valence electrons. The van der Waals surface area contributed by atoms with Gasteiger partial charge < -0.3 is 16.0 Å². The summed E-state index contributed by atoms with van der Waals surface area (Å²) in [5.74, 6) is 0.612. The highest BCUT2D eigenvalue weighted by Gasteiger charge is 2.22. The molecule has 37 heavy (non-hydrogen) atoms. The van der Waals surface area contributed by atoms with Crippen LogP contribution in [0, 0.1) is 0 Å². The molecule has 8 nitrogen and oxygen atoms in total. The number of nitrogens with one attached hydrogen (secondary N) is 1. The highest BCUT2D eigenvalue weighted by molar-refractivity contribution is 6.31. The molecule has 0 aliphatic rings. The van der Waals surface area contributed by atoms with Gasteiger partial charge in [-0.05, 0) is 44.3 Å². The maximum Gasteiger partial charge on any atom is 0.237 e. The van der Waals surface area contributed by atoms with Crippen molar-refractivity contribution in [3.8, 4) is 5.69 Å². The molecule has 1 heterocycles. The topological polar surface area (TPSA) is 106 Å². The van der Waals surface area contributed by atoms with E-state index in [9.17, 15) is 9.59 Å². The Balaban J connectivity index is 1.65. The molecule has 0 unspecified atom stereocenters. The van der Waals surface area contributed by atoms with Gasteiger partial charge in [-0.25, -0.2) is 0 Å². The normalized spacial score (nSPS) is 11.9. The van der Waals surface area contributed by atoms with E-state index in [2.05, 4.69) is 15.5 Å². The number of aromatic nitrogens is 3. The minimum Gasteiger partial charge on any atom is -0.347 e. The van der Waals surface area contributed by atoms with Crippen LogP contribution in [0.4, 0.5) is 0 Å². The number of hydrogen-bond donors (Lipinski definition) is 2. The summed E-state index contributed by atoms with van der Waals surface area (Å²) in [7, 11) is 3.84. The van der Waals surface area contributed by atoms with Gasteiger partial charge in [0.15, 0.2) is 17.4 Å². The van der Waals surface area contributed by atoms with Gasteiger partial charge in [-0.3, -0.25) is 14.2 Å². The van der Waals surface area contributed by atoms with Crippen LogP contribution in [0.25, 0.3) is 5.69 Å². The van der Waals surface area contributed by atoms with Crippen LogP contribution in [-0.2, 0) is 24.3 Å². The van der Waals surface area contributed by atoms with E-state index in [1.807, 2.05) is 67.5 Å². The lowest BCUT2D eigenvalue weighted by atomic mass is 10.0. The smallest absolute Gasteiger partial charge is 0.237 e. The Hall–Kier alpha value is -3.85. The number of hydrogen-bond acceptors (Lipinski definition) is 6. The fourth-order valence-corrected chi connectivity index (χ4v) is 4.19. The van der Waals surface area contributed by atoms with Crippen molar-refractivity contribution in [2.75, 3.05) is 14.1 Å². The van der Waals surface area contributed by atoms with Crippen molar-refractivity contribution in [2.45, 2.75) is 25.6 Å². The molecule has 3 N–H and O–H groups in total. The third-order valence-electron chi connectivity index (χ3n) is 5.79. The van der Waals surface area contributed by atoms with Crippen molar-refractivity contribution >= 4 is 23.3 Å². The van der Waals surface area contributed by atoms with E-state index in [4.69, 9.17) is 17.3 Å². The first-order chi connectivity index (χ1) is 17.8. The summed E-state index contributed by atoms with van der Waals surface area (Å²) in [6.07, 6.45) is 0.415. The largest absolute Gasteiger partial charge is 0.347 e. The Morgan fingerprint density at radius 1 is 0.973 bits per heavy atom. The molecule has 1 aromatic heterocycles. The number of nitrogens with two attached hydrogens (primary N) is 1. The van der Waals surface area contributed by atoms with E-state index in [1.165, 1.54) is 0 Å². The lowest BCUT2D eigenvalue weighted by Crippen LogP contribution is -2.42. The molecule has 1 amide bonds. The maximum atomic E-state index is 13.5. The highest BCUT2D eigenvalue weighted by atomic mass is 35.5. The molecule has 4 aromatic rings. The Morgan fingerprint density at radius 3 is 2.30 bits per heavy atom. The number of carbonyl (C=O) groups is 2. The molecule has 0 aliphatic carbocycles. The van der Waals surface area contributed by atoms with Crippen LogP contribution in [0.15, 0.2) is 78.9 Å². The van der Waals surface area contributed by atoms with E-state index in [-0.39, 0.29) is 18.2 Å². The molecular formula is C28H29ClN6O2. The van der Waals surface area contributed by atoms with Crippen LogP contribution >= 0.6 is 11.6 Å². The van der Waals surface area contributed by atoms with Crippen molar-refractivity contribution in [3.05, 3.63) is 112 Å². The third-order valence-corrected chi connectivity index (χ3v) is 6.03. The summed E-state index contributed by atoms with van der Waals surface area (Å²) in [6.45, 7) is 0.555. The number of halogens is 1. The average Bonchev–Trinajstić information content (AvgIpc) is 3.29. The van der Waals surface area contributed by atoms with E-state index < -0.39 is 6.04 Å². The van der Waals surface area contributed by atoms with E-state index >= 15 is 0 Å². The van der Waals surface area contributed by atoms with Crippen molar-refractivity contribution in [1.82, 2.24) is 25.0 Å². The fourth-order valence-electron chi connectivity index (χ4n) is 4.02. The summed E-state index contributed by atoms with van der Waals surface area (Å²) in [5.41, 5.74) is 8.66. The van der Waals surface area contributed by atoms with Gasteiger partial charge in [0, 0.05) is 16.1 Å². The van der Waals surface area contributed by atoms with E-state index in [0.717, 1.165) is 5.56 Å². The first-order valence-corrected chi connectivity index (χ1v) is 12.3. The molecule has 0 fully saturated rings. The number of benzene rings is 3. The second kappa shape index (κ2) is 11.9. The van der Waals surface area contributed by atoms with Gasteiger partial charge in [0.05, 0.1) is 24.8 Å².